The molecule has 3 unspecified atom stereocenters. The second-order valence-corrected chi connectivity index (χ2v) is 8.38. The average molecular weight is 420 g/mol. The Morgan fingerprint density at radius 3 is 2.73 bits per heavy atom. The van der Waals surface area contributed by atoms with Crippen LogP contribution in [-0.4, -0.2) is 63.5 Å². The lowest BCUT2D eigenvalue weighted by molar-refractivity contribution is -0.557. The SMILES string of the molecule is CC[N+](=COC(C)C(C)CC(=O)NC)C(Cc1ccn(C)n1)C(C)=CN(N)C1CC1. The second-order valence-electron chi connectivity index (χ2n) is 8.38. The molecule has 0 radical (unpaired) electrons. The van der Waals surface area contributed by atoms with Gasteiger partial charge in [-0.05, 0) is 39.7 Å². The number of nitrogens with two attached hydrogens (primary N) is 1. The summed E-state index contributed by atoms with van der Waals surface area (Å²) in [6, 6.07) is 2.58. The molecule has 1 heterocycles. The first kappa shape index (κ1) is 23.9. The highest BCUT2D eigenvalue weighted by Crippen LogP contribution is 2.25. The van der Waals surface area contributed by atoms with Crippen LogP contribution in [0.4, 0.5) is 0 Å². The minimum Gasteiger partial charge on any atom is -0.447 e. The summed E-state index contributed by atoms with van der Waals surface area (Å²) in [5.41, 5.74) is 2.20. The van der Waals surface area contributed by atoms with E-state index in [9.17, 15) is 4.79 Å². The Morgan fingerprint density at radius 2 is 2.20 bits per heavy atom. The number of hydrogen-bond acceptors (Lipinski definition) is 5. The van der Waals surface area contributed by atoms with E-state index in [1.54, 1.807) is 7.05 Å². The van der Waals surface area contributed by atoms with Crippen molar-refractivity contribution in [3.8, 4) is 0 Å². The molecule has 8 heteroatoms. The van der Waals surface area contributed by atoms with E-state index < -0.39 is 0 Å². The highest BCUT2D eigenvalue weighted by atomic mass is 16.5. The van der Waals surface area contributed by atoms with Crippen LogP contribution in [0.1, 0.15) is 52.7 Å². The summed E-state index contributed by atoms with van der Waals surface area (Å²) in [6.45, 7) is 9.04. The number of likely N-dealkylation sites (N-methyl/N-ethyl adjacent to an activating group) is 1. The number of hydrazine groups is 1. The lowest BCUT2D eigenvalue weighted by Gasteiger charge is -2.21. The van der Waals surface area contributed by atoms with Crippen molar-refractivity contribution in [2.24, 2.45) is 18.8 Å². The first-order chi connectivity index (χ1) is 14.2. The first-order valence-electron chi connectivity index (χ1n) is 10.9. The van der Waals surface area contributed by atoms with Crippen LogP contribution in [0.5, 0.6) is 0 Å². The van der Waals surface area contributed by atoms with Gasteiger partial charge in [0.2, 0.25) is 5.91 Å². The van der Waals surface area contributed by atoms with Crippen LogP contribution in [0.15, 0.2) is 24.0 Å². The van der Waals surface area contributed by atoms with Crippen LogP contribution in [0, 0.1) is 5.92 Å². The van der Waals surface area contributed by atoms with Crippen molar-refractivity contribution in [3.63, 3.8) is 0 Å². The summed E-state index contributed by atoms with van der Waals surface area (Å²) < 4.78 is 10.1. The zero-order valence-corrected chi connectivity index (χ0v) is 19.3. The van der Waals surface area contributed by atoms with E-state index in [0.29, 0.717) is 12.5 Å². The summed E-state index contributed by atoms with van der Waals surface area (Å²) in [5, 5.41) is 9.07. The molecule has 0 aliphatic heterocycles. The van der Waals surface area contributed by atoms with Crippen LogP contribution >= 0.6 is 0 Å². The largest absolute Gasteiger partial charge is 0.447 e. The lowest BCUT2D eigenvalue weighted by atomic mass is 10.0. The minimum atomic E-state index is -0.0754. The Morgan fingerprint density at radius 1 is 1.50 bits per heavy atom. The molecule has 0 spiro atoms. The van der Waals surface area contributed by atoms with Crippen molar-refractivity contribution >= 4 is 12.3 Å². The molecule has 0 bridgehead atoms. The Kier molecular flexibility index (Phi) is 8.89. The zero-order chi connectivity index (χ0) is 22.3. The molecule has 0 aromatic carbocycles. The quantitative estimate of drug-likeness (QED) is 0.177. The number of hydrogen-bond donors (Lipinski definition) is 2. The smallest absolute Gasteiger partial charge is 0.324 e. The topological polar surface area (TPSA) is 88.4 Å². The molecule has 1 fully saturated rings. The van der Waals surface area contributed by atoms with Crippen LogP contribution < -0.4 is 11.2 Å². The standard InChI is InChI=1S/C22H38N6O2/c1-7-27(15-30-18(4)16(2)12-22(29)24-5)21(13-19-10-11-26(6)25-19)17(3)14-28(23)20-8-9-20/h10-11,14-16,18,20-21H,7-9,12-13,23H2,1-6H3/p+1. The Labute approximate surface area is 180 Å². The van der Waals surface area contributed by atoms with Gasteiger partial charge in [0, 0.05) is 50.4 Å². The van der Waals surface area contributed by atoms with Gasteiger partial charge < -0.3 is 15.1 Å². The Balaban J connectivity index is 2.17. The minimum absolute atomic E-state index is 0.0280. The third-order valence-electron chi connectivity index (χ3n) is 5.78. The number of amides is 1. The fourth-order valence-electron chi connectivity index (χ4n) is 3.35. The Hall–Kier alpha value is -2.35. The molecule has 1 aromatic heterocycles. The van der Waals surface area contributed by atoms with Crippen LogP contribution in [0.3, 0.4) is 0 Å². The number of carbonyl (C=O) groups excluding carboxylic acids is 1. The summed E-state index contributed by atoms with van der Waals surface area (Å²) in [6.07, 6.45) is 9.26. The Bertz CT molecular complexity index is 753. The first-order valence-corrected chi connectivity index (χ1v) is 10.9. The van der Waals surface area contributed by atoms with Crippen LogP contribution in [-0.2, 0) is 23.0 Å². The van der Waals surface area contributed by atoms with E-state index in [2.05, 4.69) is 35.0 Å². The van der Waals surface area contributed by atoms with Gasteiger partial charge >= 0.3 is 6.40 Å². The van der Waals surface area contributed by atoms with E-state index in [0.717, 1.165) is 31.5 Å². The van der Waals surface area contributed by atoms with Gasteiger partial charge in [-0.2, -0.15) is 9.67 Å². The molecule has 168 valence electrons. The van der Waals surface area contributed by atoms with E-state index in [1.807, 2.05) is 49.2 Å². The molecule has 1 saturated carbocycles. The van der Waals surface area contributed by atoms with Gasteiger partial charge in [-0.1, -0.05) is 6.92 Å². The number of aromatic nitrogens is 2. The second kappa shape index (κ2) is 11.2. The summed E-state index contributed by atoms with van der Waals surface area (Å²) in [5.74, 6) is 6.36. The van der Waals surface area contributed by atoms with Crippen molar-refractivity contribution in [3.05, 3.63) is 29.7 Å². The van der Waals surface area contributed by atoms with Gasteiger partial charge in [-0.3, -0.25) is 9.48 Å². The van der Waals surface area contributed by atoms with Crippen molar-refractivity contribution in [1.82, 2.24) is 20.1 Å². The molecular formula is C22H39N6O2+. The highest BCUT2D eigenvalue weighted by Gasteiger charge is 2.29. The van der Waals surface area contributed by atoms with Crippen LogP contribution in [0.2, 0.25) is 0 Å². The van der Waals surface area contributed by atoms with Gasteiger partial charge in [0.25, 0.3) is 0 Å². The molecule has 2 rings (SSSR count). The molecule has 0 saturated heterocycles. The maximum atomic E-state index is 11.7. The predicted molar refractivity (Wildman–Crippen MR) is 119 cm³/mol. The van der Waals surface area contributed by atoms with Crippen molar-refractivity contribution in [1.29, 1.82) is 0 Å². The number of nitrogens with one attached hydrogen (secondary N) is 1. The predicted octanol–water partition coefficient (Wildman–Crippen LogP) is 1.81. The molecule has 1 amide bonds. The molecule has 8 nitrogen and oxygen atoms in total. The fraction of sp³-hybridized carbons (Fsp3) is 0.682. The van der Waals surface area contributed by atoms with E-state index in [-0.39, 0.29) is 24.0 Å². The molecule has 30 heavy (non-hydrogen) atoms. The number of carbonyl (C=O) groups is 1. The van der Waals surface area contributed by atoms with Gasteiger partial charge in [-0.25, -0.2) is 5.84 Å². The molecule has 1 aliphatic rings. The van der Waals surface area contributed by atoms with Gasteiger partial charge in [-0.15, -0.1) is 0 Å². The van der Waals surface area contributed by atoms with Gasteiger partial charge in [0.15, 0.2) is 6.04 Å². The van der Waals surface area contributed by atoms with E-state index >= 15 is 0 Å². The monoisotopic (exact) mass is 419 g/mol. The lowest BCUT2D eigenvalue weighted by Crippen LogP contribution is -2.35. The number of ether oxygens (including phenoxy) is 1. The molecular weight excluding hydrogens is 380 g/mol. The van der Waals surface area contributed by atoms with Crippen LogP contribution in [0.25, 0.3) is 0 Å². The van der Waals surface area contributed by atoms with Crippen molar-refractivity contribution in [2.45, 2.75) is 71.6 Å². The maximum Gasteiger partial charge on any atom is 0.324 e. The van der Waals surface area contributed by atoms with E-state index in [1.165, 1.54) is 5.57 Å². The number of rotatable bonds is 12. The molecule has 1 aromatic rings. The summed E-state index contributed by atoms with van der Waals surface area (Å²) >= 11 is 0. The number of aryl methyl sites for hydroxylation is 1. The fourth-order valence-corrected chi connectivity index (χ4v) is 3.35. The third-order valence-corrected chi connectivity index (χ3v) is 5.78. The highest BCUT2D eigenvalue weighted by molar-refractivity contribution is 5.75. The van der Waals surface area contributed by atoms with Crippen molar-refractivity contribution in [2.75, 3.05) is 13.6 Å². The zero-order valence-electron chi connectivity index (χ0n) is 19.3. The molecule has 1 aliphatic carbocycles. The van der Waals surface area contributed by atoms with E-state index in [4.69, 9.17) is 10.6 Å². The maximum absolute atomic E-state index is 11.7. The molecule has 3 atom stereocenters. The average Bonchev–Trinajstić information content (AvgIpc) is 3.49. The normalized spacial score (nSPS) is 18.0. The number of nitrogens with zero attached hydrogens (tertiary/aromatic N) is 4. The molecule has 3 N–H and O–H groups in total. The summed E-state index contributed by atoms with van der Waals surface area (Å²) in [4.78, 5) is 11.7. The van der Waals surface area contributed by atoms with Crippen molar-refractivity contribution < 1.29 is 14.1 Å². The van der Waals surface area contributed by atoms with Gasteiger partial charge in [0.05, 0.1) is 12.1 Å². The third kappa shape index (κ3) is 7.16. The van der Waals surface area contributed by atoms with Gasteiger partial charge in [0.1, 0.15) is 12.6 Å². The summed E-state index contributed by atoms with van der Waals surface area (Å²) in [7, 11) is 3.59.